The number of sulfonamides is 1. The molecular formula is C7H7N3O3S. The van der Waals surface area contributed by atoms with Gasteiger partial charge in [-0.3, -0.25) is 4.72 Å². The Labute approximate surface area is 80.0 Å². The van der Waals surface area contributed by atoms with Gasteiger partial charge in [0.2, 0.25) is 10.0 Å². The van der Waals surface area contributed by atoms with Gasteiger partial charge in [0.15, 0.2) is 5.82 Å². The van der Waals surface area contributed by atoms with Crippen LogP contribution in [-0.4, -0.2) is 24.8 Å². The molecule has 0 spiro atoms. The molecule has 0 aliphatic heterocycles. The van der Waals surface area contributed by atoms with Crippen LogP contribution in [0.5, 0.6) is 0 Å². The Morgan fingerprint density at radius 2 is 2.29 bits per heavy atom. The van der Waals surface area contributed by atoms with Gasteiger partial charge in [0.25, 0.3) is 5.71 Å². The molecule has 2 rings (SSSR count). The largest absolute Gasteiger partial charge is 0.334 e. The van der Waals surface area contributed by atoms with Crippen molar-refractivity contribution in [2.45, 2.75) is 0 Å². The molecule has 6 nitrogen and oxygen atoms in total. The fourth-order valence-electron chi connectivity index (χ4n) is 1.03. The van der Waals surface area contributed by atoms with Crippen LogP contribution in [0.2, 0.25) is 0 Å². The van der Waals surface area contributed by atoms with Crippen molar-refractivity contribution in [2.24, 2.45) is 0 Å². The first-order valence-corrected chi connectivity index (χ1v) is 5.63. The highest BCUT2D eigenvalue weighted by molar-refractivity contribution is 7.92. The first kappa shape index (κ1) is 8.95. The fraction of sp³-hybridized carbons (Fsp3) is 0.143. The van der Waals surface area contributed by atoms with Gasteiger partial charge in [0.05, 0.1) is 11.6 Å². The number of hydrogen-bond acceptors (Lipinski definition) is 5. The number of nitrogens with zero attached hydrogens (tertiary/aromatic N) is 2. The minimum atomic E-state index is -3.34. The summed E-state index contributed by atoms with van der Waals surface area (Å²) >= 11 is 0. The van der Waals surface area contributed by atoms with E-state index in [-0.39, 0.29) is 5.82 Å². The summed E-state index contributed by atoms with van der Waals surface area (Å²) in [4.78, 5) is 3.87. The highest BCUT2D eigenvalue weighted by Crippen LogP contribution is 2.20. The van der Waals surface area contributed by atoms with E-state index < -0.39 is 10.0 Å². The van der Waals surface area contributed by atoms with Crippen molar-refractivity contribution in [3.8, 4) is 0 Å². The molecule has 74 valence electrons. The van der Waals surface area contributed by atoms with Gasteiger partial charge in [-0.1, -0.05) is 5.16 Å². The average molecular weight is 213 g/mol. The second kappa shape index (κ2) is 2.95. The van der Waals surface area contributed by atoms with Gasteiger partial charge in [-0.25, -0.2) is 13.4 Å². The van der Waals surface area contributed by atoms with Crippen LogP contribution in [0.3, 0.4) is 0 Å². The zero-order valence-electron chi connectivity index (χ0n) is 7.26. The zero-order valence-corrected chi connectivity index (χ0v) is 8.08. The lowest BCUT2D eigenvalue weighted by Crippen LogP contribution is -2.09. The average Bonchev–Trinajstić information content (AvgIpc) is 2.47. The Bertz CT molecular complexity index is 560. The number of fused-ring (bicyclic) bond motifs is 1. The normalized spacial score (nSPS) is 11.8. The standard InChI is InChI=1S/C7H7N3O3S/c1-14(11,12)10-6-5-3-2-4-8-7(5)13-9-6/h2-4H,1H3,(H,9,10). The molecule has 0 aliphatic rings. The number of rotatable bonds is 2. The third-order valence-corrected chi connectivity index (χ3v) is 2.10. The zero-order chi connectivity index (χ0) is 10.2. The summed E-state index contributed by atoms with van der Waals surface area (Å²) in [5.41, 5.74) is 0.304. The minimum absolute atomic E-state index is 0.163. The first-order valence-electron chi connectivity index (χ1n) is 3.74. The molecule has 2 aromatic rings. The molecule has 0 amide bonds. The third-order valence-electron chi connectivity index (χ3n) is 1.53. The van der Waals surface area contributed by atoms with Crippen LogP contribution in [0, 0.1) is 0 Å². The van der Waals surface area contributed by atoms with Gasteiger partial charge in [0, 0.05) is 6.20 Å². The van der Waals surface area contributed by atoms with Crippen LogP contribution in [0.25, 0.3) is 11.1 Å². The number of aromatic nitrogens is 2. The van der Waals surface area contributed by atoms with Crippen LogP contribution in [0.1, 0.15) is 0 Å². The van der Waals surface area contributed by atoms with Crippen LogP contribution in [-0.2, 0) is 10.0 Å². The summed E-state index contributed by atoms with van der Waals surface area (Å²) < 4.78 is 28.9. The second-order valence-corrected chi connectivity index (χ2v) is 4.51. The highest BCUT2D eigenvalue weighted by Gasteiger charge is 2.11. The van der Waals surface area contributed by atoms with Crippen molar-refractivity contribution in [2.75, 3.05) is 11.0 Å². The van der Waals surface area contributed by atoms with Gasteiger partial charge in [0.1, 0.15) is 0 Å². The van der Waals surface area contributed by atoms with E-state index in [9.17, 15) is 8.42 Å². The Kier molecular flexibility index (Phi) is 1.88. The summed E-state index contributed by atoms with van der Waals surface area (Å²) in [7, 11) is -3.34. The SMILES string of the molecule is CS(=O)(=O)Nc1noc2ncccc12. The molecule has 0 saturated heterocycles. The monoisotopic (exact) mass is 213 g/mol. The maximum Gasteiger partial charge on any atom is 0.259 e. The molecule has 7 heteroatoms. The molecule has 0 fully saturated rings. The molecule has 0 atom stereocenters. The van der Waals surface area contributed by atoms with Crippen LogP contribution in [0.15, 0.2) is 22.9 Å². The molecule has 0 unspecified atom stereocenters. The predicted octanol–water partition coefficient (Wildman–Crippen LogP) is 0.594. The topological polar surface area (TPSA) is 85.1 Å². The molecule has 1 N–H and O–H groups in total. The van der Waals surface area contributed by atoms with Gasteiger partial charge in [-0.15, -0.1) is 0 Å². The van der Waals surface area contributed by atoms with Crippen molar-refractivity contribution in [3.63, 3.8) is 0 Å². The summed E-state index contributed by atoms with van der Waals surface area (Å²) in [5.74, 6) is 0.163. The molecule has 0 radical (unpaired) electrons. The van der Waals surface area contributed by atoms with Crippen LogP contribution < -0.4 is 4.72 Å². The molecular weight excluding hydrogens is 206 g/mol. The third kappa shape index (κ3) is 1.67. The number of anilines is 1. The molecule has 0 aromatic carbocycles. The summed E-state index contributed by atoms with van der Waals surface area (Å²) in [6, 6.07) is 3.35. The number of nitrogens with one attached hydrogen (secondary N) is 1. The summed E-state index contributed by atoms with van der Waals surface area (Å²) in [6.07, 6.45) is 2.58. The fourth-order valence-corrected chi connectivity index (χ4v) is 1.53. The van der Waals surface area contributed by atoms with Crippen molar-refractivity contribution >= 4 is 26.9 Å². The Morgan fingerprint density at radius 3 is 3.00 bits per heavy atom. The first-order chi connectivity index (χ1) is 6.56. The van der Waals surface area contributed by atoms with Crippen molar-refractivity contribution in [3.05, 3.63) is 18.3 Å². The lowest BCUT2D eigenvalue weighted by atomic mass is 10.3. The molecule has 2 heterocycles. The molecule has 2 aromatic heterocycles. The van der Waals surface area contributed by atoms with E-state index in [1.807, 2.05) is 0 Å². The van der Waals surface area contributed by atoms with Gasteiger partial charge < -0.3 is 4.52 Å². The number of hydrogen-bond donors (Lipinski definition) is 1. The Hall–Kier alpha value is -1.63. The van der Waals surface area contributed by atoms with Gasteiger partial charge >= 0.3 is 0 Å². The molecule has 14 heavy (non-hydrogen) atoms. The van der Waals surface area contributed by atoms with E-state index in [1.54, 1.807) is 12.1 Å². The van der Waals surface area contributed by atoms with Crippen LogP contribution >= 0.6 is 0 Å². The highest BCUT2D eigenvalue weighted by atomic mass is 32.2. The van der Waals surface area contributed by atoms with Crippen molar-refractivity contribution < 1.29 is 12.9 Å². The van der Waals surface area contributed by atoms with Crippen molar-refractivity contribution in [1.82, 2.24) is 10.1 Å². The lowest BCUT2D eigenvalue weighted by molar-refractivity contribution is 0.452. The number of pyridine rings is 1. The Morgan fingerprint density at radius 1 is 1.50 bits per heavy atom. The van der Waals surface area contributed by atoms with Gasteiger partial charge in [-0.2, -0.15) is 0 Å². The molecule has 0 aliphatic carbocycles. The Balaban J connectivity index is 2.54. The minimum Gasteiger partial charge on any atom is -0.334 e. The van der Waals surface area contributed by atoms with E-state index >= 15 is 0 Å². The molecule has 0 saturated carbocycles. The smallest absolute Gasteiger partial charge is 0.259 e. The van der Waals surface area contributed by atoms with E-state index in [0.717, 1.165) is 6.26 Å². The predicted molar refractivity (Wildman–Crippen MR) is 50.3 cm³/mol. The van der Waals surface area contributed by atoms with Gasteiger partial charge in [-0.05, 0) is 12.1 Å². The quantitative estimate of drug-likeness (QED) is 0.789. The summed E-state index contributed by atoms with van der Waals surface area (Å²) in [5, 5.41) is 4.09. The second-order valence-electron chi connectivity index (χ2n) is 2.76. The van der Waals surface area contributed by atoms with E-state index in [1.165, 1.54) is 6.20 Å². The van der Waals surface area contributed by atoms with Crippen molar-refractivity contribution in [1.29, 1.82) is 0 Å². The van der Waals surface area contributed by atoms with E-state index in [2.05, 4.69) is 14.9 Å². The van der Waals surface area contributed by atoms with E-state index in [4.69, 9.17) is 4.52 Å². The summed E-state index contributed by atoms with van der Waals surface area (Å²) in [6.45, 7) is 0. The maximum absolute atomic E-state index is 10.9. The maximum atomic E-state index is 10.9. The molecule has 0 bridgehead atoms. The lowest BCUT2D eigenvalue weighted by Gasteiger charge is -1.96. The van der Waals surface area contributed by atoms with E-state index in [0.29, 0.717) is 11.1 Å². The van der Waals surface area contributed by atoms with Crippen LogP contribution in [0.4, 0.5) is 5.82 Å².